The van der Waals surface area contributed by atoms with Gasteiger partial charge in [0.25, 0.3) is 0 Å². The van der Waals surface area contributed by atoms with E-state index in [1.54, 1.807) is 25.1 Å². The van der Waals surface area contributed by atoms with Gasteiger partial charge in [0.1, 0.15) is 0 Å². The maximum Gasteiger partial charge on any atom is 0.248 e. The van der Waals surface area contributed by atoms with Gasteiger partial charge in [-0.2, -0.15) is 0 Å². The number of nitrogen functional groups attached to an aromatic ring is 1. The lowest BCUT2D eigenvalue weighted by atomic mass is 10.2. The SMILES string of the molecule is C/C=C/C(=O)Nc1cc(N)ccc1C. The number of nitrogens with two attached hydrogens (primary N) is 1. The van der Waals surface area contributed by atoms with E-state index in [1.807, 2.05) is 13.0 Å². The number of nitrogens with one attached hydrogen (secondary N) is 1. The Balaban J connectivity index is 2.85. The van der Waals surface area contributed by atoms with E-state index in [9.17, 15) is 4.79 Å². The number of aryl methyl sites for hydroxylation is 1. The number of hydrogen-bond acceptors (Lipinski definition) is 2. The largest absolute Gasteiger partial charge is 0.399 e. The second kappa shape index (κ2) is 4.46. The number of anilines is 2. The molecule has 14 heavy (non-hydrogen) atoms. The van der Waals surface area contributed by atoms with Crippen LogP contribution in [0, 0.1) is 6.92 Å². The molecule has 0 spiro atoms. The van der Waals surface area contributed by atoms with Gasteiger partial charge in [0.15, 0.2) is 0 Å². The Bertz CT molecular complexity index is 370. The van der Waals surface area contributed by atoms with E-state index in [4.69, 9.17) is 5.73 Å². The minimum Gasteiger partial charge on any atom is -0.399 e. The van der Waals surface area contributed by atoms with Gasteiger partial charge in [-0.1, -0.05) is 12.1 Å². The number of allylic oxidation sites excluding steroid dienone is 1. The van der Waals surface area contributed by atoms with Gasteiger partial charge in [0.05, 0.1) is 0 Å². The maximum atomic E-state index is 11.2. The van der Waals surface area contributed by atoms with E-state index in [1.165, 1.54) is 6.08 Å². The monoisotopic (exact) mass is 190 g/mol. The third kappa shape index (κ3) is 2.62. The van der Waals surface area contributed by atoms with E-state index in [2.05, 4.69) is 5.32 Å². The molecular formula is C11H14N2O. The van der Waals surface area contributed by atoms with Gasteiger partial charge < -0.3 is 11.1 Å². The minimum absolute atomic E-state index is 0.138. The van der Waals surface area contributed by atoms with Crippen LogP contribution in [0.1, 0.15) is 12.5 Å². The van der Waals surface area contributed by atoms with Crippen LogP contribution in [0.15, 0.2) is 30.4 Å². The lowest BCUT2D eigenvalue weighted by Crippen LogP contribution is -2.09. The molecule has 0 atom stereocenters. The second-order valence-corrected chi connectivity index (χ2v) is 3.06. The van der Waals surface area contributed by atoms with Crippen molar-refractivity contribution in [2.24, 2.45) is 0 Å². The molecule has 3 heteroatoms. The molecule has 1 aromatic carbocycles. The first kappa shape index (κ1) is 10.3. The standard InChI is InChI=1S/C11H14N2O/c1-3-4-11(14)13-10-7-9(12)6-5-8(10)2/h3-7H,12H2,1-2H3,(H,13,14)/b4-3+. The number of rotatable bonds is 2. The Morgan fingerprint density at radius 2 is 2.21 bits per heavy atom. The van der Waals surface area contributed by atoms with Gasteiger partial charge in [-0.3, -0.25) is 4.79 Å². The second-order valence-electron chi connectivity index (χ2n) is 3.06. The van der Waals surface area contributed by atoms with Crippen LogP contribution in [-0.4, -0.2) is 5.91 Å². The van der Waals surface area contributed by atoms with E-state index in [-0.39, 0.29) is 5.91 Å². The van der Waals surface area contributed by atoms with E-state index >= 15 is 0 Å². The van der Waals surface area contributed by atoms with Crippen LogP contribution in [-0.2, 0) is 4.79 Å². The third-order valence-corrected chi connectivity index (χ3v) is 1.84. The summed E-state index contributed by atoms with van der Waals surface area (Å²) in [7, 11) is 0. The van der Waals surface area contributed by atoms with Crippen LogP contribution in [0.2, 0.25) is 0 Å². The quantitative estimate of drug-likeness (QED) is 0.554. The molecule has 3 N–H and O–H groups in total. The summed E-state index contributed by atoms with van der Waals surface area (Å²) in [5.74, 6) is -0.138. The van der Waals surface area contributed by atoms with Crippen LogP contribution >= 0.6 is 0 Å². The molecule has 0 bridgehead atoms. The average Bonchev–Trinajstić information content (AvgIpc) is 2.12. The first-order valence-corrected chi connectivity index (χ1v) is 4.43. The van der Waals surface area contributed by atoms with Gasteiger partial charge >= 0.3 is 0 Å². The Morgan fingerprint density at radius 1 is 1.50 bits per heavy atom. The number of hydrogen-bond donors (Lipinski definition) is 2. The maximum absolute atomic E-state index is 11.2. The molecule has 0 heterocycles. The minimum atomic E-state index is -0.138. The molecule has 1 rings (SSSR count). The van der Waals surface area contributed by atoms with Crippen LogP contribution in [0.5, 0.6) is 0 Å². The zero-order valence-corrected chi connectivity index (χ0v) is 8.37. The van der Waals surface area contributed by atoms with Crippen LogP contribution in [0.25, 0.3) is 0 Å². The van der Waals surface area contributed by atoms with Gasteiger partial charge in [0, 0.05) is 11.4 Å². The fourth-order valence-electron chi connectivity index (χ4n) is 1.10. The highest BCUT2D eigenvalue weighted by Gasteiger charge is 2.01. The van der Waals surface area contributed by atoms with Crippen LogP contribution < -0.4 is 11.1 Å². The van der Waals surface area contributed by atoms with Gasteiger partial charge in [-0.05, 0) is 37.6 Å². The summed E-state index contributed by atoms with van der Waals surface area (Å²) in [6.07, 6.45) is 3.17. The number of carbonyl (C=O) groups is 1. The summed E-state index contributed by atoms with van der Waals surface area (Å²) in [6, 6.07) is 5.43. The van der Waals surface area contributed by atoms with Crippen molar-refractivity contribution < 1.29 is 4.79 Å². The van der Waals surface area contributed by atoms with Gasteiger partial charge in [-0.15, -0.1) is 0 Å². The Morgan fingerprint density at radius 3 is 2.86 bits per heavy atom. The third-order valence-electron chi connectivity index (χ3n) is 1.84. The van der Waals surface area contributed by atoms with Crippen molar-refractivity contribution in [3.63, 3.8) is 0 Å². The highest BCUT2D eigenvalue weighted by molar-refractivity contribution is 5.99. The van der Waals surface area contributed by atoms with Crippen molar-refractivity contribution in [2.45, 2.75) is 13.8 Å². The van der Waals surface area contributed by atoms with Crippen LogP contribution in [0.4, 0.5) is 11.4 Å². The van der Waals surface area contributed by atoms with E-state index in [0.29, 0.717) is 5.69 Å². The molecule has 0 radical (unpaired) electrons. The fourth-order valence-corrected chi connectivity index (χ4v) is 1.10. The van der Waals surface area contributed by atoms with Gasteiger partial charge in [0.2, 0.25) is 5.91 Å². The van der Waals surface area contributed by atoms with Crippen molar-refractivity contribution in [3.05, 3.63) is 35.9 Å². The molecule has 0 aromatic heterocycles. The lowest BCUT2D eigenvalue weighted by Gasteiger charge is -2.06. The molecular weight excluding hydrogens is 176 g/mol. The molecule has 3 nitrogen and oxygen atoms in total. The van der Waals surface area contributed by atoms with E-state index < -0.39 is 0 Å². The number of carbonyl (C=O) groups excluding carboxylic acids is 1. The smallest absolute Gasteiger partial charge is 0.248 e. The van der Waals surface area contributed by atoms with Crippen molar-refractivity contribution in [3.8, 4) is 0 Å². The molecule has 0 saturated carbocycles. The summed E-state index contributed by atoms with van der Waals surface area (Å²) >= 11 is 0. The molecule has 0 aliphatic carbocycles. The normalized spacial score (nSPS) is 10.4. The Labute approximate surface area is 83.6 Å². The van der Waals surface area contributed by atoms with Crippen LogP contribution in [0.3, 0.4) is 0 Å². The molecule has 1 amide bonds. The topological polar surface area (TPSA) is 55.1 Å². The Hall–Kier alpha value is -1.77. The first-order valence-electron chi connectivity index (χ1n) is 4.43. The number of amides is 1. The molecule has 1 aromatic rings. The first-order chi connectivity index (χ1) is 6.63. The summed E-state index contributed by atoms with van der Waals surface area (Å²) in [5.41, 5.74) is 8.01. The predicted octanol–water partition coefficient (Wildman–Crippen LogP) is 2.09. The number of benzene rings is 1. The highest BCUT2D eigenvalue weighted by Crippen LogP contribution is 2.17. The molecule has 0 aliphatic heterocycles. The zero-order valence-electron chi connectivity index (χ0n) is 8.37. The molecule has 0 aliphatic rings. The fraction of sp³-hybridized carbons (Fsp3) is 0.182. The van der Waals surface area contributed by atoms with E-state index in [0.717, 1.165) is 11.3 Å². The summed E-state index contributed by atoms with van der Waals surface area (Å²) in [4.78, 5) is 11.2. The highest BCUT2D eigenvalue weighted by atomic mass is 16.1. The predicted molar refractivity (Wildman–Crippen MR) is 59.0 cm³/mol. The van der Waals surface area contributed by atoms with Crippen molar-refractivity contribution in [1.29, 1.82) is 0 Å². The summed E-state index contributed by atoms with van der Waals surface area (Å²) < 4.78 is 0. The van der Waals surface area contributed by atoms with Crippen molar-refractivity contribution in [2.75, 3.05) is 11.1 Å². The average molecular weight is 190 g/mol. The molecule has 0 unspecified atom stereocenters. The Kier molecular flexibility index (Phi) is 3.29. The van der Waals surface area contributed by atoms with Gasteiger partial charge in [-0.25, -0.2) is 0 Å². The summed E-state index contributed by atoms with van der Waals surface area (Å²) in [6.45, 7) is 3.72. The molecule has 74 valence electrons. The lowest BCUT2D eigenvalue weighted by molar-refractivity contribution is -0.111. The molecule has 0 saturated heterocycles. The van der Waals surface area contributed by atoms with Crippen molar-refractivity contribution in [1.82, 2.24) is 0 Å². The van der Waals surface area contributed by atoms with Crippen molar-refractivity contribution >= 4 is 17.3 Å². The summed E-state index contributed by atoms with van der Waals surface area (Å²) in [5, 5.41) is 2.75. The zero-order chi connectivity index (χ0) is 10.6. The molecule has 0 fully saturated rings.